The summed E-state index contributed by atoms with van der Waals surface area (Å²) in [5.41, 5.74) is -0.0697. The van der Waals surface area contributed by atoms with Crippen LogP contribution < -0.4 is 10.4 Å². The first-order valence-electron chi connectivity index (χ1n) is 5.53. The molecule has 2 aromatic rings. The van der Waals surface area contributed by atoms with E-state index in [2.05, 4.69) is 6.58 Å². The quantitative estimate of drug-likeness (QED) is 0.637. The van der Waals surface area contributed by atoms with Gasteiger partial charge in [-0.25, -0.2) is 4.79 Å². The van der Waals surface area contributed by atoms with E-state index in [1.54, 1.807) is 18.2 Å². The Bertz CT molecular complexity index is 715. The van der Waals surface area contributed by atoms with E-state index in [-0.39, 0.29) is 23.5 Å². The average molecular weight is 279 g/mol. The molecule has 0 atom stereocenters. The zero-order chi connectivity index (χ0) is 14.0. The topological polar surface area (TPSA) is 56.5 Å². The standard InChI is InChI=1S/C14H11ClO4/c1-8(15)7-18-11-5-3-10-4-6-12(17)19-14(10)13(11)9(2)16/h3-6H,1,7H2,2H3. The molecule has 0 aliphatic rings. The normalized spacial score (nSPS) is 10.4. The number of ether oxygens (including phenoxy) is 1. The Morgan fingerprint density at radius 2 is 2.05 bits per heavy atom. The predicted octanol–water partition coefficient (Wildman–Crippen LogP) is 3.13. The van der Waals surface area contributed by atoms with Gasteiger partial charge in [-0.3, -0.25) is 4.79 Å². The average Bonchev–Trinajstić information content (AvgIpc) is 2.34. The summed E-state index contributed by atoms with van der Waals surface area (Å²) in [6, 6.07) is 6.24. The first-order valence-corrected chi connectivity index (χ1v) is 5.90. The number of Topliss-reactive ketones (excluding diaryl/α,β-unsaturated/α-hetero) is 1. The van der Waals surface area contributed by atoms with Crippen molar-refractivity contribution < 1.29 is 13.9 Å². The Kier molecular flexibility index (Phi) is 3.71. The number of fused-ring (bicyclic) bond motifs is 1. The molecule has 5 heteroatoms. The summed E-state index contributed by atoms with van der Waals surface area (Å²) < 4.78 is 10.5. The van der Waals surface area contributed by atoms with Crippen LogP contribution in [0.2, 0.25) is 0 Å². The van der Waals surface area contributed by atoms with Crippen molar-refractivity contribution in [2.45, 2.75) is 6.92 Å². The Balaban J connectivity index is 2.64. The second kappa shape index (κ2) is 5.28. The van der Waals surface area contributed by atoms with Crippen LogP contribution in [0.4, 0.5) is 0 Å². The van der Waals surface area contributed by atoms with E-state index in [9.17, 15) is 9.59 Å². The molecule has 0 N–H and O–H groups in total. The van der Waals surface area contributed by atoms with Crippen LogP contribution in [-0.2, 0) is 0 Å². The van der Waals surface area contributed by atoms with Gasteiger partial charge >= 0.3 is 5.63 Å². The summed E-state index contributed by atoms with van der Waals surface area (Å²) in [5.74, 6) is 0.0614. The van der Waals surface area contributed by atoms with Gasteiger partial charge in [0.25, 0.3) is 0 Å². The smallest absolute Gasteiger partial charge is 0.336 e. The van der Waals surface area contributed by atoms with Gasteiger partial charge in [-0.1, -0.05) is 18.2 Å². The number of carbonyl (C=O) groups excluding carboxylic acids is 1. The van der Waals surface area contributed by atoms with Crippen LogP contribution in [0.3, 0.4) is 0 Å². The molecule has 0 saturated heterocycles. The molecular formula is C14H11ClO4. The largest absolute Gasteiger partial charge is 0.487 e. The molecule has 0 amide bonds. The van der Waals surface area contributed by atoms with Gasteiger partial charge in [-0.15, -0.1) is 0 Å². The zero-order valence-electron chi connectivity index (χ0n) is 10.2. The van der Waals surface area contributed by atoms with E-state index in [0.29, 0.717) is 16.2 Å². The number of hydrogen-bond acceptors (Lipinski definition) is 4. The second-order valence-electron chi connectivity index (χ2n) is 3.97. The second-order valence-corrected chi connectivity index (χ2v) is 4.51. The molecule has 0 unspecified atom stereocenters. The lowest BCUT2D eigenvalue weighted by molar-refractivity contribution is 0.101. The molecule has 19 heavy (non-hydrogen) atoms. The minimum Gasteiger partial charge on any atom is -0.487 e. The van der Waals surface area contributed by atoms with Gasteiger partial charge in [-0.05, 0) is 25.1 Å². The molecule has 2 rings (SSSR count). The molecule has 0 bridgehead atoms. The van der Waals surface area contributed by atoms with Gasteiger partial charge < -0.3 is 9.15 Å². The van der Waals surface area contributed by atoms with E-state index in [1.165, 1.54) is 13.0 Å². The number of benzene rings is 1. The molecule has 4 nitrogen and oxygen atoms in total. The van der Waals surface area contributed by atoms with E-state index >= 15 is 0 Å². The minimum atomic E-state index is -0.520. The highest BCUT2D eigenvalue weighted by Crippen LogP contribution is 2.28. The fourth-order valence-corrected chi connectivity index (χ4v) is 1.78. The predicted molar refractivity (Wildman–Crippen MR) is 73.0 cm³/mol. The molecule has 0 radical (unpaired) electrons. The van der Waals surface area contributed by atoms with Gasteiger partial charge in [0.05, 0.1) is 0 Å². The first kappa shape index (κ1) is 13.4. The molecule has 98 valence electrons. The SMILES string of the molecule is C=C(Cl)COc1ccc2ccc(=O)oc2c1C(C)=O. The number of rotatable bonds is 4. The van der Waals surface area contributed by atoms with Gasteiger partial charge in [0.15, 0.2) is 11.4 Å². The van der Waals surface area contributed by atoms with Gasteiger partial charge in [0, 0.05) is 16.5 Å². The van der Waals surface area contributed by atoms with E-state index < -0.39 is 5.63 Å². The highest BCUT2D eigenvalue weighted by molar-refractivity contribution is 6.29. The maximum atomic E-state index is 11.7. The van der Waals surface area contributed by atoms with E-state index in [1.807, 2.05) is 0 Å². The van der Waals surface area contributed by atoms with Gasteiger partial charge in [0.2, 0.25) is 0 Å². The summed E-state index contributed by atoms with van der Waals surface area (Å²) in [4.78, 5) is 23.0. The van der Waals surface area contributed by atoms with Crippen molar-refractivity contribution in [2.75, 3.05) is 6.61 Å². The van der Waals surface area contributed by atoms with Crippen LogP contribution in [0.15, 0.2) is 45.1 Å². The first-order chi connectivity index (χ1) is 8.99. The number of halogens is 1. The fraction of sp³-hybridized carbons (Fsp3) is 0.143. The van der Waals surface area contributed by atoms with Crippen LogP contribution in [0.25, 0.3) is 11.0 Å². The van der Waals surface area contributed by atoms with Crippen molar-refractivity contribution in [3.8, 4) is 5.75 Å². The minimum absolute atomic E-state index is 0.0738. The third kappa shape index (κ3) is 2.85. The third-order valence-electron chi connectivity index (χ3n) is 2.49. The van der Waals surface area contributed by atoms with Crippen LogP contribution >= 0.6 is 11.6 Å². The van der Waals surface area contributed by atoms with Gasteiger partial charge in [0.1, 0.15) is 17.9 Å². The third-order valence-corrected chi connectivity index (χ3v) is 2.60. The van der Waals surface area contributed by atoms with E-state index in [4.69, 9.17) is 20.8 Å². The van der Waals surface area contributed by atoms with Crippen molar-refractivity contribution in [2.24, 2.45) is 0 Å². The van der Waals surface area contributed by atoms with Crippen LogP contribution in [0.1, 0.15) is 17.3 Å². The summed E-state index contributed by atoms with van der Waals surface area (Å²) in [7, 11) is 0. The van der Waals surface area contributed by atoms with Crippen LogP contribution in [0, 0.1) is 0 Å². The molecule has 0 spiro atoms. The highest BCUT2D eigenvalue weighted by Gasteiger charge is 2.16. The van der Waals surface area contributed by atoms with Gasteiger partial charge in [-0.2, -0.15) is 0 Å². The Hall–Kier alpha value is -2.07. The van der Waals surface area contributed by atoms with Crippen LogP contribution in [-0.4, -0.2) is 12.4 Å². The van der Waals surface area contributed by atoms with Crippen molar-refractivity contribution in [3.05, 3.63) is 51.9 Å². The number of hydrogen-bond donors (Lipinski definition) is 0. The fourth-order valence-electron chi connectivity index (χ4n) is 1.72. The summed E-state index contributed by atoms with van der Waals surface area (Å²) in [6.07, 6.45) is 0. The Morgan fingerprint density at radius 3 is 2.68 bits per heavy atom. The Labute approximate surface area is 114 Å². The van der Waals surface area contributed by atoms with Crippen molar-refractivity contribution in [1.29, 1.82) is 0 Å². The maximum absolute atomic E-state index is 11.7. The molecule has 1 aromatic carbocycles. The molecule has 0 aliphatic heterocycles. The number of ketones is 1. The molecule has 0 aliphatic carbocycles. The lowest BCUT2D eigenvalue weighted by Gasteiger charge is -2.10. The zero-order valence-corrected chi connectivity index (χ0v) is 11.0. The maximum Gasteiger partial charge on any atom is 0.336 e. The van der Waals surface area contributed by atoms with Crippen molar-refractivity contribution in [3.63, 3.8) is 0 Å². The lowest BCUT2D eigenvalue weighted by Crippen LogP contribution is -2.05. The highest BCUT2D eigenvalue weighted by atomic mass is 35.5. The summed E-state index contributed by atoms with van der Waals surface area (Å²) >= 11 is 5.63. The van der Waals surface area contributed by atoms with E-state index in [0.717, 1.165) is 0 Å². The molecule has 0 fully saturated rings. The molecular weight excluding hydrogens is 268 g/mol. The molecule has 1 aromatic heterocycles. The molecule has 1 heterocycles. The van der Waals surface area contributed by atoms with Crippen LogP contribution in [0.5, 0.6) is 5.75 Å². The monoisotopic (exact) mass is 278 g/mol. The number of carbonyl (C=O) groups is 1. The summed E-state index contributed by atoms with van der Waals surface area (Å²) in [5, 5.41) is 0.964. The molecule has 0 saturated carbocycles. The summed E-state index contributed by atoms with van der Waals surface area (Å²) in [6.45, 7) is 4.96. The van der Waals surface area contributed by atoms with Crippen molar-refractivity contribution in [1.82, 2.24) is 0 Å². The lowest BCUT2D eigenvalue weighted by atomic mass is 10.1. The van der Waals surface area contributed by atoms with Crippen molar-refractivity contribution >= 4 is 28.4 Å². The Morgan fingerprint density at radius 1 is 1.37 bits per heavy atom.